The Morgan fingerprint density at radius 2 is 2.09 bits per heavy atom. The Morgan fingerprint density at radius 1 is 1.32 bits per heavy atom. The van der Waals surface area contributed by atoms with Crippen LogP contribution in [-0.4, -0.2) is 71.3 Å². The van der Waals surface area contributed by atoms with Crippen LogP contribution < -0.4 is 0 Å². The SMILES string of the molecule is Cc1noc(C2CCN(CC(=O)N3CCO[C@H](C)C3)CC2)n1. The molecule has 0 radical (unpaired) electrons. The molecule has 0 unspecified atom stereocenters. The maximum absolute atomic E-state index is 12.4. The highest BCUT2D eigenvalue weighted by atomic mass is 16.5. The van der Waals surface area contributed by atoms with Crippen molar-refractivity contribution in [3.05, 3.63) is 11.7 Å². The van der Waals surface area contributed by atoms with Gasteiger partial charge in [-0.3, -0.25) is 9.69 Å². The highest BCUT2D eigenvalue weighted by Gasteiger charge is 2.28. The molecule has 3 rings (SSSR count). The van der Waals surface area contributed by atoms with Crippen LogP contribution in [0.5, 0.6) is 0 Å². The number of piperidine rings is 1. The number of rotatable bonds is 3. The summed E-state index contributed by atoms with van der Waals surface area (Å²) in [5, 5.41) is 3.86. The third kappa shape index (κ3) is 3.64. The van der Waals surface area contributed by atoms with Crippen LogP contribution in [-0.2, 0) is 9.53 Å². The van der Waals surface area contributed by atoms with Gasteiger partial charge in [0.15, 0.2) is 5.82 Å². The van der Waals surface area contributed by atoms with E-state index in [1.54, 1.807) is 0 Å². The Kier molecular flexibility index (Phi) is 4.73. The molecule has 2 fully saturated rings. The molecular formula is C15H24N4O3. The summed E-state index contributed by atoms with van der Waals surface area (Å²) in [6.07, 6.45) is 2.08. The molecule has 0 bridgehead atoms. The van der Waals surface area contributed by atoms with Crippen LogP contribution in [0, 0.1) is 6.92 Å². The van der Waals surface area contributed by atoms with Crippen LogP contribution in [0.4, 0.5) is 0 Å². The van der Waals surface area contributed by atoms with Gasteiger partial charge in [-0.1, -0.05) is 5.16 Å². The molecule has 0 saturated carbocycles. The summed E-state index contributed by atoms with van der Waals surface area (Å²) < 4.78 is 10.7. The second-order valence-electron chi connectivity index (χ2n) is 6.25. The Hall–Kier alpha value is -1.47. The molecule has 1 amide bonds. The third-order valence-corrected chi connectivity index (χ3v) is 4.43. The fraction of sp³-hybridized carbons (Fsp3) is 0.800. The Bertz CT molecular complexity index is 511. The summed E-state index contributed by atoms with van der Waals surface area (Å²) in [5.41, 5.74) is 0. The van der Waals surface area contributed by atoms with Gasteiger partial charge in [-0.2, -0.15) is 4.98 Å². The van der Waals surface area contributed by atoms with Gasteiger partial charge in [0.2, 0.25) is 11.8 Å². The van der Waals surface area contributed by atoms with Crippen LogP contribution in [0.25, 0.3) is 0 Å². The normalized spacial score (nSPS) is 24.6. The zero-order valence-electron chi connectivity index (χ0n) is 13.3. The van der Waals surface area contributed by atoms with Gasteiger partial charge in [-0.25, -0.2) is 0 Å². The summed E-state index contributed by atoms with van der Waals surface area (Å²) in [6.45, 7) is 8.21. The molecule has 2 aliphatic rings. The topological polar surface area (TPSA) is 71.7 Å². The quantitative estimate of drug-likeness (QED) is 0.823. The lowest BCUT2D eigenvalue weighted by atomic mass is 9.97. The average Bonchev–Trinajstić information content (AvgIpc) is 2.94. The van der Waals surface area contributed by atoms with Crippen molar-refractivity contribution in [1.29, 1.82) is 0 Å². The molecule has 1 aromatic heterocycles. The first-order chi connectivity index (χ1) is 10.6. The van der Waals surface area contributed by atoms with Gasteiger partial charge in [-0.05, 0) is 39.8 Å². The van der Waals surface area contributed by atoms with Gasteiger partial charge in [0.05, 0.1) is 19.3 Å². The van der Waals surface area contributed by atoms with Gasteiger partial charge < -0.3 is 14.2 Å². The van der Waals surface area contributed by atoms with Gasteiger partial charge >= 0.3 is 0 Å². The minimum absolute atomic E-state index is 0.143. The van der Waals surface area contributed by atoms with Crippen molar-refractivity contribution in [1.82, 2.24) is 19.9 Å². The zero-order chi connectivity index (χ0) is 15.5. The van der Waals surface area contributed by atoms with Crippen molar-refractivity contribution in [2.45, 2.75) is 38.7 Å². The molecule has 1 atom stereocenters. The number of carbonyl (C=O) groups excluding carboxylic acids is 1. The van der Waals surface area contributed by atoms with E-state index < -0.39 is 0 Å². The fourth-order valence-corrected chi connectivity index (χ4v) is 3.15. The largest absolute Gasteiger partial charge is 0.375 e. The molecular weight excluding hydrogens is 284 g/mol. The van der Waals surface area contributed by atoms with Crippen molar-refractivity contribution in [3.63, 3.8) is 0 Å². The molecule has 2 saturated heterocycles. The molecule has 7 heteroatoms. The van der Waals surface area contributed by atoms with E-state index in [0.717, 1.165) is 31.8 Å². The van der Waals surface area contributed by atoms with Crippen LogP contribution in [0.3, 0.4) is 0 Å². The summed E-state index contributed by atoms with van der Waals surface area (Å²) >= 11 is 0. The highest BCUT2D eigenvalue weighted by Crippen LogP contribution is 2.26. The minimum atomic E-state index is 0.143. The van der Waals surface area contributed by atoms with E-state index >= 15 is 0 Å². The molecule has 0 aromatic carbocycles. The maximum atomic E-state index is 12.4. The van der Waals surface area contributed by atoms with E-state index in [4.69, 9.17) is 9.26 Å². The zero-order valence-corrected chi connectivity index (χ0v) is 13.3. The van der Waals surface area contributed by atoms with E-state index in [0.29, 0.717) is 38.0 Å². The molecule has 1 aromatic rings. The number of aryl methyl sites for hydroxylation is 1. The van der Waals surface area contributed by atoms with Crippen LogP contribution in [0.1, 0.15) is 37.4 Å². The standard InChI is InChI=1S/C15H24N4O3/c1-11-9-19(7-8-21-11)14(20)10-18-5-3-13(4-6-18)15-16-12(2)17-22-15/h11,13H,3-10H2,1-2H3/t11-/m1/s1. The number of aromatic nitrogens is 2. The van der Waals surface area contributed by atoms with Crippen molar-refractivity contribution in [2.24, 2.45) is 0 Å². The number of nitrogens with zero attached hydrogens (tertiary/aromatic N) is 4. The predicted octanol–water partition coefficient (Wildman–Crippen LogP) is 0.805. The maximum Gasteiger partial charge on any atom is 0.236 e. The van der Waals surface area contributed by atoms with Gasteiger partial charge in [0, 0.05) is 19.0 Å². The van der Waals surface area contributed by atoms with Crippen LogP contribution in [0.15, 0.2) is 4.52 Å². The summed E-state index contributed by atoms with van der Waals surface area (Å²) in [4.78, 5) is 20.8. The Labute approximate surface area is 130 Å². The predicted molar refractivity (Wildman–Crippen MR) is 79.4 cm³/mol. The van der Waals surface area contributed by atoms with Crippen molar-refractivity contribution < 1.29 is 14.1 Å². The fourth-order valence-electron chi connectivity index (χ4n) is 3.15. The van der Waals surface area contributed by atoms with E-state index in [2.05, 4.69) is 15.0 Å². The molecule has 0 N–H and O–H groups in total. The molecule has 3 heterocycles. The van der Waals surface area contributed by atoms with Gasteiger partial charge in [0.25, 0.3) is 0 Å². The first-order valence-corrected chi connectivity index (χ1v) is 8.04. The van der Waals surface area contributed by atoms with Gasteiger partial charge in [-0.15, -0.1) is 0 Å². The number of likely N-dealkylation sites (tertiary alicyclic amines) is 1. The summed E-state index contributed by atoms with van der Waals surface area (Å²) in [7, 11) is 0. The first kappa shape index (κ1) is 15.4. The molecule has 0 spiro atoms. The summed E-state index contributed by atoms with van der Waals surface area (Å²) in [5.74, 6) is 1.97. The molecule has 0 aliphatic carbocycles. The third-order valence-electron chi connectivity index (χ3n) is 4.43. The molecule has 7 nitrogen and oxygen atoms in total. The second-order valence-corrected chi connectivity index (χ2v) is 6.25. The lowest BCUT2D eigenvalue weighted by Crippen LogP contribution is -2.49. The van der Waals surface area contributed by atoms with E-state index in [1.165, 1.54) is 0 Å². The van der Waals surface area contributed by atoms with Crippen molar-refractivity contribution in [2.75, 3.05) is 39.3 Å². The number of carbonyl (C=O) groups is 1. The highest BCUT2D eigenvalue weighted by molar-refractivity contribution is 5.78. The van der Waals surface area contributed by atoms with Crippen molar-refractivity contribution >= 4 is 5.91 Å². The van der Waals surface area contributed by atoms with E-state index in [1.807, 2.05) is 18.7 Å². The smallest absolute Gasteiger partial charge is 0.236 e. The lowest BCUT2D eigenvalue weighted by Gasteiger charge is -2.35. The summed E-state index contributed by atoms with van der Waals surface area (Å²) in [6, 6.07) is 0. The second kappa shape index (κ2) is 6.75. The first-order valence-electron chi connectivity index (χ1n) is 8.04. The molecule has 2 aliphatic heterocycles. The lowest BCUT2D eigenvalue weighted by molar-refractivity contribution is -0.139. The van der Waals surface area contributed by atoms with Crippen LogP contribution >= 0.6 is 0 Å². The average molecular weight is 308 g/mol. The Balaban J connectivity index is 1.46. The monoisotopic (exact) mass is 308 g/mol. The number of hydrogen-bond acceptors (Lipinski definition) is 6. The Morgan fingerprint density at radius 3 is 2.73 bits per heavy atom. The van der Waals surface area contributed by atoms with Crippen molar-refractivity contribution in [3.8, 4) is 0 Å². The van der Waals surface area contributed by atoms with E-state index in [-0.39, 0.29) is 12.0 Å². The number of hydrogen-bond donors (Lipinski definition) is 0. The number of amides is 1. The number of morpholine rings is 1. The molecule has 122 valence electrons. The van der Waals surface area contributed by atoms with Gasteiger partial charge in [0.1, 0.15) is 0 Å². The molecule has 22 heavy (non-hydrogen) atoms. The number of ether oxygens (including phenoxy) is 1. The van der Waals surface area contributed by atoms with E-state index in [9.17, 15) is 4.79 Å². The van der Waals surface area contributed by atoms with Crippen LogP contribution in [0.2, 0.25) is 0 Å². The minimum Gasteiger partial charge on any atom is -0.375 e.